The molecular weight excluding hydrogens is 202 g/mol. The molecule has 1 fully saturated rings. The maximum Gasteiger partial charge on any atom is 0.220 e. The van der Waals surface area contributed by atoms with Crippen molar-refractivity contribution < 1.29 is 4.79 Å². The molecule has 1 saturated heterocycles. The Labute approximate surface area is 98.6 Å². The number of nitrogens with one attached hydrogen (secondary N) is 1. The zero-order valence-electron chi connectivity index (χ0n) is 10.5. The fraction of sp³-hybridized carbons (Fsp3) is 0.917. The molecule has 0 aromatic heterocycles. The van der Waals surface area contributed by atoms with Crippen molar-refractivity contribution in [2.75, 3.05) is 33.2 Å². The van der Waals surface area contributed by atoms with Gasteiger partial charge >= 0.3 is 0 Å². The minimum absolute atomic E-state index is 0.143. The van der Waals surface area contributed by atoms with Gasteiger partial charge in [-0.2, -0.15) is 0 Å². The molecule has 4 nitrogen and oxygen atoms in total. The van der Waals surface area contributed by atoms with Gasteiger partial charge in [-0.3, -0.25) is 4.79 Å². The average molecular weight is 227 g/mol. The summed E-state index contributed by atoms with van der Waals surface area (Å²) in [6.07, 6.45) is 2.93. The van der Waals surface area contributed by atoms with Gasteiger partial charge in [-0.1, -0.05) is 6.92 Å². The Hall–Kier alpha value is -0.610. The molecule has 4 heteroatoms. The predicted molar refractivity (Wildman–Crippen MR) is 66.1 cm³/mol. The van der Waals surface area contributed by atoms with Gasteiger partial charge in [0.25, 0.3) is 0 Å². The number of amides is 1. The average Bonchev–Trinajstić information content (AvgIpc) is 2.64. The molecule has 0 aliphatic carbocycles. The van der Waals surface area contributed by atoms with Crippen LogP contribution in [0.25, 0.3) is 0 Å². The van der Waals surface area contributed by atoms with E-state index >= 15 is 0 Å². The molecule has 94 valence electrons. The van der Waals surface area contributed by atoms with Crippen molar-refractivity contribution >= 4 is 5.91 Å². The van der Waals surface area contributed by atoms with E-state index in [2.05, 4.69) is 17.3 Å². The third-order valence-corrected chi connectivity index (χ3v) is 3.30. The molecule has 0 bridgehead atoms. The standard InChI is InChI=1S/C12H25N3O/c1-10(8-13)7-12(16)14-5-3-11-4-6-15(2)9-11/h10-11H,3-9,13H2,1-2H3,(H,14,16). The van der Waals surface area contributed by atoms with Crippen molar-refractivity contribution in [1.82, 2.24) is 10.2 Å². The summed E-state index contributed by atoms with van der Waals surface area (Å²) in [5.74, 6) is 1.19. The third-order valence-electron chi connectivity index (χ3n) is 3.30. The number of hydrogen-bond acceptors (Lipinski definition) is 3. The quantitative estimate of drug-likeness (QED) is 0.692. The summed E-state index contributed by atoms with van der Waals surface area (Å²) >= 11 is 0. The van der Waals surface area contributed by atoms with Crippen molar-refractivity contribution in [3.8, 4) is 0 Å². The van der Waals surface area contributed by atoms with Gasteiger partial charge in [0, 0.05) is 19.5 Å². The van der Waals surface area contributed by atoms with Gasteiger partial charge in [0.2, 0.25) is 5.91 Å². The SMILES string of the molecule is CC(CN)CC(=O)NCCC1CCN(C)C1. The fourth-order valence-corrected chi connectivity index (χ4v) is 2.15. The Bertz CT molecular complexity index is 220. The Morgan fingerprint density at radius 2 is 2.38 bits per heavy atom. The topological polar surface area (TPSA) is 58.4 Å². The Morgan fingerprint density at radius 3 is 2.94 bits per heavy atom. The third kappa shape index (κ3) is 4.94. The van der Waals surface area contributed by atoms with Crippen LogP contribution in [0.4, 0.5) is 0 Å². The normalized spacial score (nSPS) is 23.3. The highest BCUT2D eigenvalue weighted by atomic mass is 16.1. The molecule has 16 heavy (non-hydrogen) atoms. The second-order valence-corrected chi connectivity index (χ2v) is 5.10. The second kappa shape index (κ2) is 6.86. The smallest absolute Gasteiger partial charge is 0.220 e. The highest BCUT2D eigenvalue weighted by Gasteiger charge is 2.18. The molecule has 0 aromatic rings. The first-order valence-electron chi connectivity index (χ1n) is 6.27. The van der Waals surface area contributed by atoms with Crippen LogP contribution in [0.5, 0.6) is 0 Å². The van der Waals surface area contributed by atoms with Crippen molar-refractivity contribution in [3.05, 3.63) is 0 Å². The van der Waals surface area contributed by atoms with Crippen LogP contribution in [0.3, 0.4) is 0 Å². The molecule has 1 amide bonds. The maximum absolute atomic E-state index is 11.5. The summed E-state index contributed by atoms with van der Waals surface area (Å²) in [5, 5.41) is 2.98. The minimum atomic E-state index is 0.143. The van der Waals surface area contributed by atoms with Gasteiger partial charge in [-0.25, -0.2) is 0 Å². The first kappa shape index (κ1) is 13.5. The highest BCUT2D eigenvalue weighted by Crippen LogP contribution is 2.16. The lowest BCUT2D eigenvalue weighted by molar-refractivity contribution is -0.121. The van der Waals surface area contributed by atoms with Gasteiger partial charge in [0.05, 0.1) is 0 Å². The van der Waals surface area contributed by atoms with Crippen LogP contribution in [0.1, 0.15) is 26.2 Å². The lowest BCUT2D eigenvalue weighted by Gasteiger charge is -2.12. The van der Waals surface area contributed by atoms with Crippen LogP contribution in [-0.2, 0) is 4.79 Å². The van der Waals surface area contributed by atoms with Crippen LogP contribution in [-0.4, -0.2) is 44.0 Å². The number of carbonyl (C=O) groups is 1. The zero-order valence-corrected chi connectivity index (χ0v) is 10.5. The predicted octanol–water partition coefficient (Wildman–Crippen LogP) is 0.429. The molecule has 1 aliphatic rings. The van der Waals surface area contributed by atoms with Crippen molar-refractivity contribution in [3.63, 3.8) is 0 Å². The Balaban J connectivity index is 2.04. The summed E-state index contributed by atoms with van der Waals surface area (Å²) < 4.78 is 0. The number of nitrogens with two attached hydrogens (primary N) is 1. The molecule has 2 atom stereocenters. The van der Waals surface area contributed by atoms with Crippen molar-refractivity contribution in [2.45, 2.75) is 26.2 Å². The van der Waals surface area contributed by atoms with Gasteiger partial charge in [0.1, 0.15) is 0 Å². The summed E-state index contributed by atoms with van der Waals surface area (Å²) in [4.78, 5) is 13.8. The fourth-order valence-electron chi connectivity index (χ4n) is 2.15. The molecule has 1 rings (SSSR count). The van der Waals surface area contributed by atoms with Crippen LogP contribution < -0.4 is 11.1 Å². The lowest BCUT2D eigenvalue weighted by atomic mass is 10.0. The van der Waals surface area contributed by atoms with Crippen molar-refractivity contribution in [2.24, 2.45) is 17.6 Å². The first-order chi connectivity index (χ1) is 7.61. The molecule has 0 radical (unpaired) electrons. The molecular formula is C12H25N3O. The number of hydrogen-bond donors (Lipinski definition) is 2. The molecule has 1 aliphatic heterocycles. The van der Waals surface area contributed by atoms with Crippen LogP contribution in [0.2, 0.25) is 0 Å². The Morgan fingerprint density at radius 1 is 1.62 bits per heavy atom. The summed E-state index contributed by atoms with van der Waals surface area (Å²) in [6.45, 7) is 5.78. The summed E-state index contributed by atoms with van der Waals surface area (Å²) in [7, 11) is 2.15. The Kier molecular flexibility index (Phi) is 5.77. The van der Waals surface area contributed by atoms with Crippen LogP contribution >= 0.6 is 0 Å². The van der Waals surface area contributed by atoms with Gasteiger partial charge < -0.3 is 16.0 Å². The summed E-state index contributed by atoms with van der Waals surface area (Å²) in [6, 6.07) is 0. The number of nitrogens with zero attached hydrogens (tertiary/aromatic N) is 1. The lowest BCUT2D eigenvalue weighted by Crippen LogP contribution is -2.29. The van der Waals surface area contributed by atoms with Gasteiger partial charge in [0.15, 0.2) is 0 Å². The van der Waals surface area contributed by atoms with Gasteiger partial charge in [-0.05, 0) is 44.8 Å². The van der Waals surface area contributed by atoms with E-state index in [4.69, 9.17) is 5.73 Å². The van der Waals surface area contributed by atoms with E-state index in [-0.39, 0.29) is 11.8 Å². The highest BCUT2D eigenvalue weighted by molar-refractivity contribution is 5.76. The van der Waals surface area contributed by atoms with E-state index in [9.17, 15) is 4.79 Å². The molecule has 3 N–H and O–H groups in total. The molecule has 0 aromatic carbocycles. The second-order valence-electron chi connectivity index (χ2n) is 5.10. The summed E-state index contributed by atoms with van der Waals surface area (Å²) in [5.41, 5.74) is 5.48. The maximum atomic E-state index is 11.5. The number of carbonyl (C=O) groups excluding carboxylic acids is 1. The van der Waals surface area contributed by atoms with E-state index < -0.39 is 0 Å². The van der Waals surface area contributed by atoms with E-state index in [1.165, 1.54) is 19.5 Å². The number of rotatable bonds is 6. The zero-order chi connectivity index (χ0) is 12.0. The van der Waals surface area contributed by atoms with Crippen molar-refractivity contribution in [1.29, 1.82) is 0 Å². The van der Waals surface area contributed by atoms with E-state index in [0.717, 1.165) is 18.9 Å². The molecule has 0 saturated carbocycles. The first-order valence-corrected chi connectivity index (χ1v) is 6.27. The minimum Gasteiger partial charge on any atom is -0.356 e. The van der Waals surface area contributed by atoms with Crippen LogP contribution in [0, 0.1) is 11.8 Å². The van der Waals surface area contributed by atoms with E-state index in [1.54, 1.807) is 0 Å². The van der Waals surface area contributed by atoms with E-state index in [1.807, 2.05) is 6.92 Å². The molecule has 0 spiro atoms. The number of likely N-dealkylation sites (tertiary alicyclic amines) is 1. The monoisotopic (exact) mass is 227 g/mol. The van der Waals surface area contributed by atoms with E-state index in [0.29, 0.717) is 13.0 Å². The molecule has 2 unspecified atom stereocenters. The largest absolute Gasteiger partial charge is 0.356 e. The molecule has 1 heterocycles. The van der Waals surface area contributed by atoms with Crippen LogP contribution in [0.15, 0.2) is 0 Å². The van der Waals surface area contributed by atoms with Gasteiger partial charge in [-0.15, -0.1) is 0 Å².